The Morgan fingerprint density at radius 3 is 2.67 bits per heavy atom. The van der Waals surface area contributed by atoms with Gasteiger partial charge in [0.2, 0.25) is 12.7 Å². The second kappa shape index (κ2) is 9.98. The largest absolute Gasteiger partial charge is 0.497 e. The molecule has 1 amide bonds. The third-order valence-corrected chi connectivity index (χ3v) is 6.99. The molecular weight excluding hydrogens is 482 g/mol. The van der Waals surface area contributed by atoms with E-state index < -0.39 is 12.0 Å². The van der Waals surface area contributed by atoms with Crippen LogP contribution in [0.5, 0.6) is 17.2 Å². The summed E-state index contributed by atoms with van der Waals surface area (Å²) >= 11 is 1.43. The van der Waals surface area contributed by atoms with E-state index in [4.69, 9.17) is 18.9 Å². The third kappa shape index (κ3) is 4.51. The van der Waals surface area contributed by atoms with Crippen LogP contribution in [0.1, 0.15) is 30.5 Å². The van der Waals surface area contributed by atoms with E-state index in [1.165, 1.54) is 18.9 Å². The molecule has 3 aliphatic rings. The van der Waals surface area contributed by atoms with Gasteiger partial charge in [0.05, 0.1) is 38.0 Å². The van der Waals surface area contributed by atoms with Crippen LogP contribution < -0.4 is 19.5 Å². The number of amides is 1. The van der Waals surface area contributed by atoms with Crippen molar-refractivity contribution in [2.24, 2.45) is 4.99 Å². The molecule has 1 N–H and O–H groups in total. The lowest BCUT2D eigenvalue weighted by Gasteiger charge is -2.36. The Balaban J connectivity index is 1.36. The van der Waals surface area contributed by atoms with Gasteiger partial charge in [-0.3, -0.25) is 4.79 Å². The quantitative estimate of drug-likeness (QED) is 0.564. The summed E-state index contributed by atoms with van der Waals surface area (Å²) in [5.74, 6) is 1.47. The molecule has 5 rings (SSSR count). The molecule has 1 atom stereocenters. The molecule has 0 saturated carbocycles. The van der Waals surface area contributed by atoms with Crippen molar-refractivity contribution in [3.63, 3.8) is 0 Å². The van der Waals surface area contributed by atoms with Crippen LogP contribution in [-0.2, 0) is 20.9 Å². The van der Waals surface area contributed by atoms with E-state index in [2.05, 4.69) is 10.3 Å². The number of hydrogen-bond donors (Lipinski definition) is 1. The minimum absolute atomic E-state index is 0.122. The highest BCUT2D eigenvalue weighted by molar-refractivity contribution is 8.16. The summed E-state index contributed by atoms with van der Waals surface area (Å²) in [6.45, 7) is 2.35. The lowest BCUT2D eigenvalue weighted by atomic mass is 9.94. The van der Waals surface area contributed by atoms with Gasteiger partial charge in [-0.15, -0.1) is 0 Å². The summed E-state index contributed by atoms with van der Waals surface area (Å²) in [5.41, 5.74) is 3.53. The number of fused-ring (bicyclic) bond motifs is 2. The first-order chi connectivity index (χ1) is 17.5. The molecule has 0 fully saturated rings. The van der Waals surface area contributed by atoms with Crippen molar-refractivity contribution in [2.75, 3.05) is 21.0 Å². The van der Waals surface area contributed by atoms with Crippen molar-refractivity contribution in [1.29, 1.82) is 0 Å². The molecule has 36 heavy (non-hydrogen) atoms. The number of thioether (sulfide) groups is 1. The van der Waals surface area contributed by atoms with E-state index >= 15 is 0 Å². The first kappa shape index (κ1) is 23.8. The van der Waals surface area contributed by atoms with E-state index in [0.29, 0.717) is 40.2 Å². The maximum Gasteiger partial charge on any atom is 0.338 e. The number of rotatable bonds is 7. The molecule has 10 heteroatoms. The van der Waals surface area contributed by atoms with Gasteiger partial charge in [-0.25, -0.2) is 9.79 Å². The molecule has 1 unspecified atom stereocenters. The molecule has 0 aromatic heterocycles. The second-order valence-electron chi connectivity index (χ2n) is 8.30. The Bertz CT molecular complexity index is 1300. The predicted molar refractivity (Wildman–Crippen MR) is 134 cm³/mol. The fraction of sp³-hybridized carbons (Fsp3) is 0.269. The van der Waals surface area contributed by atoms with E-state index in [1.807, 2.05) is 52.8 Å². The van der Waals surface area contributed by atoms with E-state index in [0.717, 1.165) is 16.8 Å². The maximum absolute atomic E-state index is 12.9. The zero-order valence-corrected chi connectivity index (χ0v) is 20.9. The van der Waals surface area contributed by atoms with Crippen LogP contribution in [0.3, 0.4) is 0 Å². The average Bonchev–Trinajstić information content (AvgIpc) is 3.52. The van der Waals surface area contributed by atoms with Gasteiger partial charge in [0, 0.05) is 12.2 Å². The maximum atomic E-state index is 12.9. The van der Waals surface area contributed by atoms with Gasteiger partial charge < -0.3 is 29.2 Å². The van der Waals surface area contributed by atoms with E-state index in [9.17, 15) is 9.59 Å². The molecule has 0 bridgehead atoms. The zero-order valence-electron chi connectivity index (χ0n) is 20.1. The molecule has 0 spiro atoms. The standard InChI is InChI=1S/C26H25N3O6S/c1-15-23(25(31)33-3)24(17-5-7-19(32-2)8-6-17)29-18(13-36-26(29)28-15)11-22(30)27-12-16-4-9-20-21(10-16)35-14-34-20/h4-10,13,24H,11-12,14H2,1-3H3,(H,27,30). The van der Waals surface area contributed by atoms with Crippen molar-refractivity contribution in [3.8, 4) is 17.2 Å². The number of benzene rings is 2. The number of carbonyl (C=O) groups excluding carboxylic acids is 2. The van der Waals surface area contributed by atoms with Crippen LogP contribution in [0.2, 0.25) is 0 Å². The third-order valence-electron chi connectivity index (χ3n) is 6.11. The van der Waals surface area contributed by atoms with Crippen LogP contribution >= 0.6 is 11.8 Å². The molecule has 2 aromatic carbocycles. The van der Waals surface area contributed by atoms with Crippen LogP contribution in [-0.4, -0.2) is 43.0 Å². The predicted octanol–water partition coefficient (Wildman–Crippen LogP) is 3.88. The van der Waals surface area contributed by atoms with Crippen molar-refractivity contribution < 1.29 is 28.5 Å². The van der Waals surface area contributed by atoms with Gasteiger partial charge in [0.1, 0.15) is 5.75 Å². The van der Waals surface area contributed by atoms with Crippen molar-refractivity contribution in [3.05, 3.63) is 76.0 Å². The highest BCUT2D eigenvalue weighted by Crippen LogP contribution is 2.45. The minimum atomic E-state index is -0.487. The van der Waals surface area contributed by atoms with Gasteiger partial charge >= 0.3 is 5.97 Å². The topological polar surface area (TPSA) is 98.7 Å². The number of aliphatic imine (C=N–C) groups is 1. The van der Waals surface area contributed by atoms with Crippen LogP contribution in [0, 0.1) is 0 Å². The molecule has 3 aliphatic heterocycles. The minimum Gasteiger partial charge on any atom is -0.497 e. The van der Waals surface area contributed by atoms with Crippen LogP contribution in [0.15, 0.2) is 69.8 Å². The van der Waals surface area contributed by atoms with Gasteiger partial charge in [0.15, 0.2) is 16.7 Å². The van der Waals surface area contributed by atoms with Crippen molar-refractivity contribution in [2.45, 2.75) is 25.9 Å². The number of ether oxygens (including phenoxy) is 4. The first-order valence-corrected chi connectivity index (χ1v) is 12.2. The van der Waals surface area contributed by atoms with Gasteiger partial charge in [-0.2, -0.15) is 0 Å². The van der Waals surface area contributed by atoms with Crippen LogP contribution in [0.25, 0.3) is 0 Å². The summed E-state index contributed by atoms with van der Waals surface area (Å²) in [4.78, 5) is 32.3. The fourth-order valence-corrected chi connectivity index (χ4v) is 5.29. The molecule has 3 heterocycles. The number of esters is 1. The Morgan fingerprint density at radius 1 is 1.14 bits per heavy atom. The number of allylic oxidation sites excluding steroid dienone is 1. The number of amidine groups is 1. The Kier molecular flexibility index (Phi) is 6.60. The zero-order chi connectivity index (χ0) is 25.2. The van der Waals surface area contributed by atoms with Gasteiger partial charge in [0.25, 0.3) is 0 Å². The van der Waals surface area contributed by atoms with E-state index in [-0.39, 0.29) is 19.1 Å². The second-order valence-corrected chi connectivity index (χ2v) is 9.14. The number of carbonyl (C=O) groups is 2. The fourth-order valence-electron chi connectivity index (χ4n) is 4.32. The molecule has 2 aromatic rings. The normalized spacial score (nSPS) is 17.9. The monoisotopic (exact) mass is 507 g/mol. The number of nitrogens with one attached hydrogen (secondary N) is 1. The van der Waals surface area contributed by atoms with Crippen molar-refractivity contribution >= 4 is 28.8 Å². The number of hydrogen-bond acceptors (Lipinski definition) is 9. The number of methoxy groups -OCH3 is 2. The highest BCUT2D eigenvalue weighted by atomic mass is 32.2. The number of nitrogens with zero attached hydrogens (tertiary/aromatic N) is 2. The van der Waals surface area contributed by atoms with Gasteiger partial charge in [-0.1, -0.05) is 30.0 Å². The highest BCUT2D eigenvalue weighted by Gasteiger charge is 2.41. The summed E-state index contributed by atoms with van der Waals surface area (Å²) in [6.07, 6.45) is 0.122. The first-order valence-electron chi connectivity index (χ1n) is 11.3. The SMILES string of the molecule is COC(=O)C1=C(C)N=C2SC=C(CC(=O)NCc3ccc4c(c3)OCO4)N2C1c1ccc(OC)cc1. The molecule has 0 saturated heterocycles. The summed E-state index contributed by atoms with van der Waals surface area (Å²) in [7, 11) is 2.95. The average molecular weight is 508 g/mol. The smallest absolute Gasteiger partial charge is 0.338 e. The molecule has 9 nitrogen and oxygen atoms in total. The lowest BCUT2D eigenvalue weighted by molar-refractivity contribution is -0.136. The molecule has 0 radical (unpaired) electrons. The molecule has 0 aliphatic carbocycles. The Morgan fingerprint density at radius 2 is 1.92 bits per heavy atom. The summed E-state index contributed by atoms with van der Waals surface area (Å²) < 4.78 is 21.1. The van der Waals surface area contributed by atoms with Crippen molar-refractivity contribution in [1.82, 2.24) is 10.2 Å². The Hall–Kier alpha value is -3.92. The summed E-state index contributed by atoms with van der Waals surface area (Å²) in [5, 5.41) is 5.58. The Labute approximate surface area is 212 Å². The lowest BCUT2D eigenvalue weighted by Crippen LogP contribution is -2.37. The van der Waals surface area contributed by atoms with Gasteiger partial charge in [-0.05, 0) is 47.7 Å². The van der Waals surface area contributed by atoms with E-state index in [1.54, 1.807) is 14.0 Å². The summed E-state index contributed by atoms with van der Waals surface area (Å²) in [6, 6.07) is 12.6. The van der Waals surface area contributed by atoms with Crippen LogP contribution in [0.4, 0.5) is 0 Å². The molecule has 186 valence electrons. The molecular formula is C26H25N3O6S.